The molecule has 0 atom stereocenters. The van der Waals surface area contributed by atoms with Gasteiger partial charge in [-0.2, -0.15) is 13.2 Å². The lowest BCUT2D eigenvalue weighted by atomic mass is 10.1. The fourth-order valence-electron chi connectivity index (χ4n) is 3.46. The first-order valence-corrected chi connectivity index (χ1v) is 12.1. The number of nitrogens with zero attached hydrogens (tertiary/aromatic N) is 3. The van der Waals surface area contributed by atoms with Crippen molar-refractivity contribution in [1.82, 2.24) is 9.88 Å². The predicted octanol–water partition coefficient (Wildman–Crippen LogP) is 3.68. The highest BCUT2D eigenvalue weighted by molar-refractivity contribution is 7.91. The zero-order valence-corrected chi connectivity index (χ0v) is 18.0. The second kappa shape index (κ2) is 7.79. The summed E-state index contributed by atoms with van der Waals surface area (Å²) in [6.07, 6.45) is -3.37. The Kier molecular flexibility index (Phi) is 5.42. The lowest BCUT2D eigenvalue weighted by molar-refractivity contribution is -0.137. The normalized spacial score (nSPS) is 15.5. The number of para-hydroxylation sites is 1. The molecule has 0 radical (unpaired) electrons. The first kappa shape index (κ1) is 21.6. The Hall–Kier alpha value is -2.66. The van der Waals surface area contributed by atoms with Crippen molar-refractivity contribution in [2.75, 3.05) is 37.3 Å². The number of carbonyl (C=O) groups is 1. The fourth-order valence-corrected chi connectivity index (χ4v) is 5.40. The van der Waals surface area contributed by atoms with Crippen LogP contribution in [0.4, 0.5) is 18.3 Å². The van der Waals surface area contributed by atoms with E-state index in [1.807, 2.05) is 4.90 Å². The molecule has 0 N–H and O–H groups in total. The Bertz CT molecular complexity index is 1250. The van der Waals surface area contributed by atoms with Crippen molar-refractivity contribution >= 4 is 42.4 Å². The summed E-state index contributed by atoms with van der Waals surface area (Å²) in [6.45, 7) is 1.53. The summed E-state index contributed by atoms with van der Waals surface area (Å²) >= 11 is 1.37. The molecule has 6 nitrogen and oxygen atoms in total. The van der Waals surface area contributed by atoms with Crippen LogP contribution in [0.5, 0.6) is 0 Å². The van der Waals surface area contributed by atoms with Crippen LogP contribution in [-0.2, 0) is 16.0 Å². The number of benzene rings is 2. The molecule has 0 aliphatic carbocycles. The average Bonchev–Trinajstić information content (AvgIpc) is 3.16. The van der Waals surface area contributed by atoms with Gasteiger partial charge in [0.05, 0.1) is 15.2 Å². The summed E-state index contributed by atoms with van der Waals surface area (Å²) in [4.78, 5) is 20.8. The van der Waals surface area contributed by atoms with E-state index >= 15 is 0 Å². The molecule has 1 amide bonds. The Balaban J connectivity index is 1.50. The highest BCUT2D eigenvalue weighted by atomic mass is 32.2. The number of sulfone groups is 1. The average molecular weight is 470 g/mol. The van der Waals surface area contributed by atoms with E-state index in [9.17, 15) is 26.4 Å². The summed E-state index contributed by atoms with van der Waals surface area (Å²) in [5, 5.41) is 0.650. The van der Waals surface area contributed by atoms with Gasteiger partial charge in [0.25, 0.3) is 5.91 Å². The Morgan fingerprint density at radius 2 is 1.74 bits per heavy atom. The molecule has 2 heterocycles. The molecule has 0 spiro atoms. The van der Waals surface area contributed by atoms with Gasteiger partial charge < -0.3 is 9.80 Å². The van der Waals surface area contributed by atoms with Crippen molar-refractivity contribution in [2.45, 2.75) is 11.1 Å². The van der Waals surface area contributed by atoms with E-state index in [0.29, 0.717) is 36.8 Å². The molecule has 0 bridgehead atoms. The fraction of sp³-hybridized carbons (Fsp3) is 0.300. The van der Waals surface area contributed by atoms with Crippen LogP contribution >= 0.6 is 11.3 Å². The first-order chi connectivity index (χ1) is 14.5. The molecule has 164 valence electrons. The third kappa shape index (κ3) is 4.38. The van der Waals surface area contributed by atoms with E-state index in [0.717, 1.165) is 23.1 Å². The van der Waals surface area contributed by atoms with Crippen LogP contribution in [0.1, 0.15) is 15.9 Å². The van der Waals surface area contributed by atoms with Crippen molar-refractivity contribution in [3.8, 4) is 0 Å². The van der Waals surface area contributed by atoms with Gasteiger partial charge in [-0.25, -0.2) is 13.4 Å². The summed E-state index contributed by atoms with van der Waals surface area (Å²) in [5.41, 5.74) is -0.429. The molecule has 3 aromatic rings. The van der Waals surface area contributed by atoms with Crippen molar-refractivity contribution in [3.05, 3.63) is 53.6 Å². The topological polar surface area (TPSA) is 70.6 Å². The van der Waals surface area contributed by atoms with Crippen LogP contribution < -0.4 is 4.90 Å². The molecule has 1 aromatic heterocycles. The maximum absolute atomic E-state index is 12.9. The Labute approximate surface area is 180 Å². The minimum Gasteiger partial charge on any atom is -0.345 e. The number of rotatable bonds is 3. The number of hydrogen-bond donors (Lipinski definition) is 0. The minimum absolute atomic E-state index is 0.000978. The standard InChI is InChI=1S/C20H18F3N3O3S2/c1-31(28,29)16-7-3-6-15-17(16)24-19(30-15)26-10-8-25(9-11-26)18(27)13-4-2-5-14(12-13)20(21,22)23/h2-7,12H,8-11H2,1H3. The zero-order chi connectivity index (χ0) is 22.4. The third-order valence-electron chi connectivity index (χ3n) is 5.04. The summed E-state index contributed by atoms with van der Waals surface area (Å²) in [6, 6.07) is 9.41. The number of thiazole rings is 1. The van der Waals surface area contributed by atoms with Crippen LogP contribution in [0.2, 0.25) is 0 Å². The molecule has 1 fully saturated rings. The smallest absolute Gasteiger partial charge is 0.345 e. The lowest BCUT2D eigenvalue weighted by Gasteiger charge is -2.34. The third-order valence-corrected chi connectivity index (χ3v) is 7.25. The number of hydrogen-bond acceptors (Lipinski definition) is 6. The number of fused-ring (bicyclic) bond motifs is 1. The van der Waals surface area contributed by atoms with Gasteiger partial charge in [0.2, 0.25) is 0 Å². The number of halogens is 3. The van der Waals surface area contributed by atoms with E-state index in [4.69, 9.17) is 0 Å². The number of amides is 1. The van der Waals surface area contributed by atoms with Crippen LogP contribution in [0.3, 0.4) is 0 Å². The lowest BCUT2D eigenvalue weighted by Crippen LogP contribution is -2.48. The SMILES string of the molecule is CS(=O)(=O)c1cccc2sc(N3CCN(C(=O)c4cccc(C(F)(F)F)c4)CC3)nc12. The molecule has 1 saturated heterocycles. The second-order valence-electron chi connectivity index (χ2n) is 7.23. The quantitative estimate of drug-likeness (QED) is 0.585. The number of anilines is 1. The molecule has 4 rings (SSSR count). The van der Waals surface area contributed by atoms with Gasteiger partial charge in [-0.05, 0) is 30.3 Å². The van der Waals surface area contributed by atoms with Gasteiger partial charge in [-0.15, -0.1) is 0 Å². The molecule has 2 aromatic carbocycles. The molecule has 11 heteroatoms. The van der Waals surface area contributed by atoms with E-state index in [2.05, 4.69) is 4.98 Å². The number of piperazine rings is 1. The summed E-state index contributed by atoms with van der Waals surface area (Å²) in [5.74, 6) is -0.450. The van der Waals surface area contributed by atoms with Gasteiger partial charge >= 0.3 is 6.18 Å². The summed E-state index contributed by atoms with van der Waals surface area (Å²) < 4.78 is 63.5. The van der Waals surface area contributed by atoms with Gasteiger partial charge in [0, 0.05) is 38.0 Å². The molecule has 0 unspecified atom stereocenters. The summed E-state index contributed by atoms with van der Waals surface area (Å²) in [7, 11) is -3.42. The van der Waals surface area contributed by atoms with Crippen LogP contribution in [0.25, 0.3) is 10.2 Å². The molecule has 0 saturated carbocycles. The van der Waals surface area contributed by atoms with Crippen molar-refractivity contribution < 1.29 is 26.4 Å². The van der Waals surface area contributed by atoms with E-state index in [-0.39, 0.29) is 10.5 Å². The maximum atomic E-state index is 12.9. The Morgan fingerprint density at radius 3 is 2.39 bits per heavy atom. The zero-order valence-electron chi connectivity index (χ0n) is 16.4. The van der Waals surface area contributed by atoms with Crippen LogP contribution in [0.15, 0.2) is 47.4 Å². The van der Waals surface area contributed by atoms with E-state index < -0.39 is 27.5 Å². The van der Waals surface area contributed by atoms with Gasteiger partial charge in [0.1, 0.15) is 5.52 Å². The van der Waals surface area contributed by atoms with Crippen molar-refractivity contribution in [3.63, 3.8) is 0 Å². The monoisotopic (exact) mass is 469 g/mol. The van der Waals surface area contributed by atoms with Crippen molar-refractivity contribution in [1.29, 1.82) is 0 Å². The minimum atomic E-state index is -4.51. The van der Waals surface area contributed by atoms with Gasteiger partial charge in [0.15, 0.2) is 15.0 Å². The highest BCUT2D eigenvalue weighted by Gasteiger charge is 2.32. The predicted molar refractivity (Wildman–Crippen MR) is 112 cm³/mol. The van der Waals surface area contributed by atoms with E-state index in [1.165, 1.54) is 34.4 Å². The van der Waals surface area contributed by atoms with E-state index in [1.54, 1.807) is 12.1 Å². The Morgan fingerprint density at radius 1 is 1.06 bits per heavy atom. The first-order valence-electron chi connectivity index (χ1n) is 9.35. The van der Waals surface area contributed by atoms with Crippen LogP contribution in [-0.4, -0.2) is 56.6 Å². The molecule has 1 aliphatic rings. The number of alkyl halides is 3. The molecular weight excluding hydrogens is 451 g/mol. The van der Waals surface area contributed by atoms with Gasteiger partial charge in [-0.3, -0.25) is 4.79 Å². The molecule has 1 aliphatic heterocycles. The van der Waals surface area contributed by atoms with Gasteiger partial charge in [-0.1, -0.05) is 23.5 Å². The maximum Gasteiger partial charge on any atom is 0.416 e. The highest BCUT2D eigenvalue weighted by Crippen LogP contribution is 2.33. The largest absolute Gasteiger partial charge is 0.416 e. The van der Waals surface area contributed by atoms with Crippen molar-refractivity contribution in [2.24, 2.45) is 0 Å². The van der Waals surface area contributed by atoms with Crippen LogP contribution in [0, 0.1) is 0 Å². The second-order valence-corrected chi connectivity index (χ2v) is 10.2. The number of aromatic nitrogens is 1. The number of carbonyl (C=O) groups excluding carboxylic acids is 1. The molecular formula is C20H18F3N3O3S2. The molecule has 31 heavy (non-hydrogen) atoms.